The van der Waals surface area contributed by atoms with Crippen molar-refractivity contribution in [1.82, 2.24) is 25.7 Å². The third-order valence-electron chi connectivity index (χ3n) is 4.84. The molecule has 0 bridgehead atoms. The summed E-state index contributed by atoms with van der Waals surface area (Å²) in [4.78, 5) is 18.6. The number of benzene rings is 1. The number of hydrogen-bond donors (Lipinski definition) is 1. The number of anilines is 1. The number of aromatic nitrogens is 2. The van der Waals surface area contributed by atoms with E-state index in [1.165, 1.54) is 0 Å². The molecule has 166 valence electrons. The average molecular weight is 417 g/mol. The number of piperazine rings is 1. The minimum Gasteiger partial charge on any atom is -0.444 e. The summed E-state index contributed by atoms with van der Waals surface area (Å²) in [6, 6.07) is 10.3. The number of amides is 1. The van der Waals surface area contributed by atoms with Crippen LogP contribution in [0.15, 0.2) is 36.5 Å². The van der Waals surface area contributed by atoms with Crippen LogP contribution in [0.25, 0.3) is 11.3 Å². The predicted octanol–water partition coefficient (Wildman–Crippen LogP) is 3.33. The van der Waals surface area contributed by atoms with Crippen LogP contribution in [0.5, 0.6) is 0 Å². The zero-order valence-corrected chi connectivity index (χ0v) is 19.0. The monoisotopic (exact) mass is 416 g/mol. The van der Waals surface area contributed by atoms with Gasteiger partial charge in [-0.05, 0) is 34.9 Å². The van der Waals surface area contributed by atoms with E-state index in [0.717, 1.165) is 43.1 Å². The lowest BCUT2D eigenvalue weighted by Crippen LogP contribution is -2.50. The van der Waals surface area contributed by atoms with Crippen LogP contribution in [0.1, 0.15) is 20.8 Å². The molecule has 0 atom stereocenters. The maximum Gasteiger partial charge on any atom is 0.410 e. The van der Waals surface area contributed by atoms with Gasteiger partial charge in [-0.1, -0.05) is 30.3 Å². The highest BCUT2D eigenvalue weighted by molar-refractivity contribution is 5.75. The number of carbonyl (C=O) groups is 1. The topological polar surface area (TPSA) is 88.8 Å². The second-order valence-corrected chi connectivity index (χ2v) is 8.75. The largest absolute Gasteiger partial charge is 0.444 e. The second kappa shape index (κ2) is 9.95. The van der Waals surface area contributed by atoms with Crippen molar-refractivity contribution in [2.45, 2.75) is 32.9 Å². The lowest BCUT2D eigenvalue weighted by molar-refractivity contribution is 0.0240. The molecule has 1 aromatic heterocycles. The van der Waals surface area contributed by atoms with Gasteiger partial charge in [0.25, 0.3) is 0 Å². The maximum absolute atomic E-state index is 12.4. The van der Waals surface area contributed by atoms with Gasteiger partial charge in [0.1, 0.15) is 11.3 Å². The zero-order valence-electron chi connectivity index (χ0n) is 19.0. The van der Waals surface area contributed by atoms with Crippen molar-refractivity contribution in [1.29, 1.82) is 0 Å². The number of carbonyl (C=O) groups excluding carboxylic acids is 1. The van der Waals surface area contributed by atoms with Gasteiger partial charge in [-0.3, -0.25) is 4.68 Å². The quantitative estimate of drug-likeness (QED) is 0.804. The summed E-state index contributed by atoms with van der Waals surface area (Å²) in [5, 5.41) is 4.87. The highest BCUT2D eigenvalue weighted by atomic mass is 16.6. The molecule has 1 saturated heterocycles. The Hall–Kier alpha value is -2.58. The van der Waals surface area contributed by atoms with E-state index >= 15 is 0 Å². The summed E-state index contributed by atoms with van der Waals surface area (Å²) in [7, 11) is 4.14. The minimum absolute atomic E-state index is 0. The lowest BCUT2D eigenvalue weighted by Gasteiger charge is -2.36. The van der Waals surface area contributed by atoms with E-state index in [1.807, 2.05) is 43.7 Å². The zero-order chi connectivity index (χ0) is 21.0. The van der Waals surface area contributed by atoms with Gasteiger partial charge in [-0.15, -0.1) is 0 Å². The number of nitrogens with zero attached hydrogens (tertiary/aromatic N) is 5. The van der Waals surface area contributed by atoms with Gasteiger partial charge < -0.3 is 25.6 Å². The first-order chi connectivity index (χ1) is 13.7. The van der Waals surface area contributed by atoms with Gasteiger partial charge in [0.2, 0.25) is 0 Å². The lowest BCUT2D eigenvalue weighted by atomic mass is 10.1. The molecule has 0 aliphatic carbocycles. The fraction of sp³-hybridized carbons (Fsp3) is 0.545. The first kappa shape index (κ1) is 23.7. The summed E-state index contributed by atoms with van der Waals surface area (Å²) in [6.45, 7) is 10.3. The van der Waals surface area contributed by atoms with Gasteiger partial charge in [0, 0.05) is 44.5 Å². The molecule has 1 amide bonds. The van der Waals surface area contributed by atoms with Crippen molar-refractivity contribution in [3.05, 3.63) is 36.5 Å². The van der Waals surface area contributed by atoms with Crippen LogP contribution in [0, 0.1) is 0 Å². The van der Waals surface area contributed by atoms with Crippen LogP contribution in [-0.4, -0.2) is 78.1 Å². The molecule has 0 radical (unpaired) electrons. The van der Waals surface area contributed by atoms with E-state index in [4.69, 9.17) is 9.84 Å². The number of likely N-dealkylation sites (N-methyl/N-ethyl adjacent to an activating group) is 1. The fourth-order valence-corrected chi connectivity index (χ4v) is 3.32. The minimum atomic E-state index is -0.470. The Kier molecular flexibility index (Phi) is 7.86. The molecule has 30 heavy (non-hydrogen) atoms. The van der Waals surface area contributed by atoms with Crippen LogP contribution >= 0.6 is 0 Å². The maximum atomic E-state index is 12.4. The van der Waals surface area contributed by atoms with E-state index in [-0.39, 0.29) is 12.2 Å². The predicted molar refractivity (Wildman–Crippen MR) is 121 cm³/mol. The molecule has 3 rings (SSSR count). The molecule has 2 aromatic rings. The van der Waals surface area contributed by atoms with Crippen LogP contribution < -0.4 is 11.1 Å². The van der Waals surface area contributed by atoms with Crippen molar-refractivity contribution in [2.24, 2.45) is 0 Å². The number of ether oxygens (including phenoxy) is 1. The van der Waals surface area contributed by atoms with E-state index in [1.54, 1.807) is 4.90 Å². The summed E-state index contributed by atoms with van der Waals surface area (Å²) >= 11 is 0. The molecular formula is C22H36N6O2. The molecule has 8 nitrogen and oxygen atoms in total. The Morgan fingerprint density at radius 1 is 1.10 bits per heavy atom. The van der Waals surface area contributed by atoms with Crippen molar-refractivity contribution in [2.75, 3.05) is 51.7 Å². The van der Waals surface area contributed by atoms with Gasteiger partial charge in [-0.2, -0.15) is 5.10 Å². The SMILES string of the molecule is CN(C)CCn1cc(N2CCN(C(=O)OC(C)(C)C)CC2)c(-c2ccccc2)n1.N. The van der Waals surface area contributed by atoms with E-state index in [0.29, 0.717) is 13.1 Å². The average Bonchev–Trinajstić information content (AvgIpc) is 3.10. The fourth-order valence-electron chi connectivity index (χ4n) is 3.32. The molecule has 1 aliphatic heterocycles. The standard InChI is InChI=1S/C22H33N5O2.H3N/c1-22(2,3)29-21(28)26-14-12-25(13-15-26)19-17-27(16-11-24(4)5)23-20(19)18-9-7-6-8-10-18;/h6-10,17H,11-16H2,1-5H3;1H3. The Morgan fingerprint density at radius 3 is 2.30 bits per heavy atom. The molecule has 1 aromatic carbocycles. The number of hydrogen-bond acceptors (Lipinski definition) is 6. The van der Waals surface area contributed by atoms with Crippen LogP contribution in [0.2, 0.25) is 0 Å². The molecule has 8 heteroatoms. The Morgan fingerprint density at radius 2 is 1.73 bits per heavy atom. The third kappa shape index (κ3) is 6.21. The summed E-state index contributed by atoms with van der Waals surface area (Å²) in [5.41, 5.74) is 2.76. The highest BCUT2D eigenvalue weighted by Gasteiger charge is 2.27. The molecule has 3 N–H and O–H groups in total. The highest BCUT2D eigenvalue weighted by Crippen LogP contribution is 2.30. The first-order valence-electron chi connectivity index (χ1n) is 10.2. The summed E-state index contributed by atoms with van der Waals surface area (Å²) in [6.07, 6.45) is 1.90. The second-order valence-electron chi connectivity index (χ2n) is 8.75. The molecule has 2 heterocycles. The molecule has 1 fully saturated rings. The number of rotatable bonds is 5. The van der Waals surface area contributed by atoms with Gasteiger partial charge >= 0.3 is 6.09 Å². The van der Waals surface area contributed by atoms with Crippen LogP contribution in [-0.2, 0) is 11.3 Å². The normalized spacial score (nSPS) is 14.6. The van der Waals surface area contributed by atoms with Gasteiger partial charge in [0.15, 0.2) is 0 Å². The molecular weight excluding hydrogens is 380 g/mol. The van der Waals surface area contributed by atoms with Crippen molar-refractivity contribution < 1.29 is 9.53 Å². The van der Waals surface area contributed by atoms with Crippen molar-refractivity contribution in [3.8, 4) is 11.3 Å². The molecule has 0 unspecified atom stereocenters. The molecule has 0 saturated carbocycles. The van der Waals surface area contributed by atoms with Crippen molar-refractivity contribution >= 4 is 11.8 Å². The molecule has 1 aliphatic rings. The summed E-state index contributed by atoms with van der Waals surface area (Å²) < 4.78 is 7.54. The smallest absolute Gasteiger partial charge is 0.410 e. The van der Waals surface area contributed by atoms with E-state index in [9.17, 15) is 4.79 Å². The summed E-state index contributed by atoms with van der Waals surface area (Å²) in [5.74, 6) is 0. The van der Waals surface area contributed by atoms with Gasteiger partial charge in [0.05, 0.1) is 12.2 Å². The third-order valence-corrected chi connectivity index (χ3v) is 4.84. The van der Waals surface area contributed by atoms with E-state index in [2.05, 4.69) is 42.2 Å². The van der Waals surface area contributed by atoms with E-state index < -0.39 is 5.60 Å². The Bertz CT molecular complexity index is 805. The first-order valence-corrected chi connectivity index (χ1v) is 10.2. The van der Waals surface area contributed by atoms with Crippen LogP contribution in [0.4, 0.5) is 10.5 Å². The Balaban J connectivity index is 0.00000320. The Labute approximate surface area is 180 Å². The molecule has 0 spiro atoms. The van der Waals surface area contributed by atoms with Crippen molar-refractivity contribution in [3.63, 3.8) is 0 Å². The van der Waals surface area contributed by atoms with Gasteiger partial charge in [-0.25, -0.2) is 4.79 Å². The van der Waals surface area contributed by atoms with Crippen LogP contribution in [0.3, 0.4) is 0 Å².